The van der Waals surface area contributed by atoms with E-state index in [1.807, 2.05) is 29.2 Å². The smallest absolute Gasteiger partial charge is 0.304 e. The molecule has 1 atom stereocenters. The summed E-state index contributed by atoms with van der Waals surface area (Å²) in [6.07, 6.45) is 0.0868. The number of halogens is 1. The van der Waals surface area contributed by atoms with Crippen molar-refractivity contribution >= 4 is 51.9 Å². The molecule has 1 amide bonds. The quantitative estimate of drug-likeness (QED) is 0.715. The zero-order chi connectivity index (χ0) is 15.2. The van der Waals surface area contributed by atoms with Gasteiger partial charge in [0.1, 0.15) is 0 Å². The number of aliphatic carboxylic acids is 1. The molecule has 0 spiro atoms. The summed E-state index contributed by atoms with van der Waals surface area (Å²) >= 11 is 3.94. The lowest BCUT2D eigenvalue weighted by Crippen LogP contribution is -2.47. The first-order chi connectivity index (χ1) is 10.0. The highest BCUT2D eigenvalue weighted by molar-refractivity contribution is 14.1. The molecule has 5 nitrogen and oxygen atoms in total. The fourth-order valence-corrected chi connectivity index (χ4v) is 3.91. The van der Waals surface area contributed by atoms with E-state index in [4.69, 9.17) is 5.11 Å². The van der Waals surface area contributed by atoms with Gasteiger partial charge in [-0.1, -0.05) is 6.07 Å². The van der Waals surface area contributed by atoms with E-state index in [0.717, 1.165) is 27.3 Å². The number of rotatable bonds is 5. The van der Waals surface area contributed by atoms with E-state index >= 15 is 0 Å². The van der Waals surface area contributed by atoms with E-state index in [1.54, 1.807) is 11.8 Å². The zero-order valence-electron chi connectivity index (χ0n) is 11.4. The average molecular weight is 420 g/mol. The Bertz CT molecular complexity index is 527. The number of carboxylic acids is 1. The molecular formula is C14H17IN2O3S. The van der Waals surface area contributed by atoms with Crippen LogP contribution in [0.4, 0.5) is 5.69 Å². The van der Waals surface area contributed by atoms with Crippen molar-refractivity contribution in [2.45, 2.75) is 12.5 Å². The highest BCUT2D eigenvalue weighted by Gasteiger charge is 2.26. The molecule has 2 rings (SSSR count). The van der Waals surface area contributed by atoms with Crippen LogP contribution in [0, 0.1) is 3.57 Å². The summed E-state index contributed by atoms with van der Waals surface area (Å²) in [5.41, 5.74) is 0.771. The average Bonchev–Trinajstić information content (AvgIpc) is 2.40. The number of carboxylic acid groups (broad SMARTS) is 1. The molecule has 1 aliphatic heterocycles. The SMILES string of the molecule is O=C(O)CC1CSCCN1CC(=O)Nc1cccc(I)c1. The maximum Gasteiger partial charge on any atom is 0.304 e. The van der Waals surface area contributed by atoms with Gasteiger partial charge in [-0.15, -0.1) is 0 Å². The van der Waals surface area contributed by atoms with E-state index in [1.165, 1.54) is 0 Å². The lowest BCUT2D eigenvalue weighted by Gasteiger charge is -2.33. The summed E-state index contributed by atoms with van der Waals surface area (Å²) in [7, 11) is 0. The van der Waals surface area contributed by atoms with Gasteiger partial charge in [-0.05, 0) is 40.8 Å². The van der Waals surface area contributed by atoms with Crippen LogP contribution in [0.2, 0.25) is 0 Å². The van der Waals surface area contributed by atoms with Crippen LogP contribution >= 0.6 is 34.4 Å². The predicted octanol–water partition coefficient (Wildman–Crippen LogP) is 2.12. The molecule has 7 heteroatoms. The van der Waals surface area contributed by atoms with Crippen LogP contribution < -0.4 is 5.32 Å². The van der Waals surface area contributed by atoms with Gasteiger partial charge in [-0.3, -0.25) is 14.5 Å². The molecule has 0 bridgehead atoms. The number of nitrogens with one attached hydrogen (secondary N) is 1. The number of benzene rings is 1. The molecule has 1 fully saturated rings. The van der Waals surface area contributed by atoms with Gasteiger partial charge >= 0.3 is 5.97 Å². The third-order valence-corrected chi connectivity index (χ3v) is 4.98. The van der Waals surface area contributed by atoms with Crippen molar-refractivity contribution in [2.75, 3.05) is 29.9 Å². The number of anilines is 1. The zero-order valence-corrected chi connectivity index (χ0v) is 14.4. The van der Waals surface area contributed by atoms with Crippen LogP contribution in [-0.2, 0) is 9.59 Å². The van der Waals surface area contributed by atoms with Gasteiger partial charge < -0.3 is 10.4 Å². The predicted molar refractivity (Wildman–Crippen MR) is 92.7 cm³/mol. The van der Waals surface area contributed by atoms with Gasteiger partial charge in [0.05, 0.1) is 13.0 Å². The Balaban J connectivity index is 1.92. The number of amides is 1. The summed E-state index contributed by atoms with van der Waals surface area (Å²) in [6.45, 7) is 0.992. The van der Waals surface area contributed by atoms with Crippen molar-refractivity contribution in [2.24, 2.45) is 0 Å². The number of nitrogens with zero attached hydrogens (tertiary/aromatic N) is 1. The first-order valence-corrected chi connectivity index (χ1v) is 8.87. The minimum absolute atomic E-state index is 0.0668. The van der Waals surface area contributed by atoms with Crippen molar-refractivity contribution in [3.8, 4) is 0 Å². The first kappa shape index (κ1) is 16.6. The summed E-state index contributed by atoms with van der Waals surface area (Å²) in [5.74, 6) is 0.792. The Kier molecular flexibility index (Phi) is 6.31. The third-order valence-electron chi connectivity index (χ3n) is 3.21. The lowest BCUT2D eigenvalue weighted by molar-refractivity contribution is -0.138. The molecule has 21 heavy (non-hydrogen) atoms. The van der Waals surface area contributed by atoms with Crippen molar-refractivity contribution in [1.82, 2.24) is 4.90 Å². The fourth-order valence-electron chi connectivity index (χ4n) is 2.24. The molecule has 0 aromatic heterocycles. The van der Waals surface area contributed by atoms with E-state index in [-0.39, 0.29) is 24.9 Å². The summed E-state index contributed by atoms with van der Waals surface area (Å²) < 4.78 is 1.06. The second-order valence-electron chi connectivity index (χ2n) is 4.86. The molecular weight excluding hydrogens is 403 g/mol. The van der Waals surface area contributed by atoms with Crippen LogP contribution in [-0.4, -0.2) is 52.5 Å². The van der Waals surface area contributed by atoms with Gasteiger partial charge in [-0.2, -0.15) is 11.8 Å². The minimum atomic E-state index is -0.814. The molecule has 1 heterocycles. The standard InChI is InChI=1S/C14H17IN2O3S/c15-10-2-1-3-11(6-10)16-13(18)8-17-4-5-21-9-12(17)7-14(19)20/h1-3,6,12H,4-5,7-9H2,(H,16,18)(H,19,20). The molecule has 0 radical (unpaired) electrons. The maximum absolute atomic E-state index is 12.1. The van der Waals surface area contributed by atoms with Crippen LogP contribution in [0.1, 0.15) is 6.42 Å². The van der Waals surface area contributed by atoms with Gasteiger partial charge in [0.2, 0.25) is 5.91 Å². The largest absolute Gasteiger partial charge is 0.481 e. The van der Waals surface area contributed by atoms with E-state index in [2.05, 4.69) is 27.9 Å². The first-order valence-electron chi connectivity index (χ1n) is 6.63. The van der Waals surface area contributed by atoms with Gasteiger partial charge in [-0.25, -0.2) is 0 Å². The highest BCUT2D eigenvalue weighted by atomic mass is 127. The van der Waals surface area contributed by atoms with Crippen molar-refractivity contribution in [1.29, 1.82) is 0 Å². The molecule has 1 aromatic carbocycles. The summed E-state index contributed by atoms with van der Waals surface area (Å²) in [5, 5.41) is 11.8. The summed E-state index contributed by atoms with van der Waals surface area (Å²) in [6, 6.07) is 7.53. The molecule has 0 aliphatic carbocycles. The molecule has 1 unspecified atom stereocenters. The topological polar surface area (TPSA) is 69.6 Å². The molecule has 2 N–H and O–H groups in total. The van der Waals surface area contributed by atoms with E-state index in [0.29, 0.717) is 0 Å². The van der Waals surface area contributed by atoms with Gasteiger partial charge in [0.15, 0.2) is 0 Å². The van der Waals surface area contributed by atoms with Crippen LogP contribution in [0.5, 0.6) is 0 Å². The lowest BCUT2D eigenvalue weighted by atomic mass is 10.2. The van der Waals surface area contributed by atoms with Crippen LogP contribution in [0.3, 0.4) is 0 Å². The second-order valence-corrected chi connectivity index (χ2v) is 7.25. The van der Waals surface area contributed by atoms with E-state index in [9.17, 15) is 9.59 Å². The van der Waals surface area contributed by atoms with Gasteiger partial charge in [0, 0.05) is 33.3 Å². The Morgan fingerprint density at radius 1 is 1.48 bits per heavy atom. The molecule has 114 valence electrons. The van der Waals surface area contributed by atoms with Crippen LogP contribution in [0.25, 0.3) is 0 Å². The normalized spacial score (nSPS) is 19.2. The molecule has 1 aromatic rings. The Morgan fingerprint density at radius 3 is 3.00 bits per heavy atom. The van der Waals surface area contributed by atoms with Crippen LogP contribution in [0.15, 0.2) is 24.3 Å². The van der Waals surface area contributed by atoms with E-state index < -0.39 is 5.97 Å². The molecule has 1 aliphatic rings. The second kappa shape index (κ2) is 8.00. The number of hydrogen-bond donors (Lipinski definition) is 2. The van der Waals surface area contributed by atoms with Crippen molar-refractivity contribution < 1.29 is 14.7 Å². The number of carbonyl (C=O) groups is 2. The molecule has 1 saturated heterocycles. The Labute approximate surface area is 141 Å². The van der Waals surface area contributed by atoms with Gasteiger partial charge in [0.25, 0.3) is 0 Å². The number of hydrogen-bond acceptors (Lipinski definition) is 4. The Morgan fingerprint density at radius 2 is 2.29 bits per heavy atom. The van der Waals surface area contributed by atoms with Crippen molar-refractivity contribution in [3.63, 3.8) is 0 Å². The fraction of sp³-hybridized carbons (Fsp3) is 0.429. The number of carbonyl (C=O) groups excluding carboxylic acids is 1. The minimum Gasteiger partial charge on any atom is -0.481 e. The monoisotopic (exact) mass is 420 g/mol. The van der Waals surface area contributed by atoms with Crippen molar-refractivity contribution in [3.05, 3.63) is 27.8 Å². The third kappa shape index (κ3) is 5.48. The highest BCUT2D eigenvalue weighted by Crippen LogP contribution is 2.19. The maximum atomic E-state index is 12.1. The molecule has 0 saturated carbocycles. The number of thioether (sulfide) groups is 1. The Hall–Kier alpha value is -0.800. The summed E-state index contributed by atoms with van der Waals surface area (Å²) in [4.78, 5) is 25.0.